The summed E-state index contributed by atoms with van der Waals surface area (Å²) in [5.41, 5.74) is -2.19. The van der Waals surface area contributed by atoms with Crippen molar-refractivity contribution in [2.75, 3.05) is 0 Å². The number of nitrogens with zero attached hydrogens (tertiary/aromatic N) is 1. The molecule has 8 heteroatoms. The topological polar surface area (TPSA) is 101 Å². The number of carbonyl (C=O) groups is 1. The van der Waals surface area contributed by atoms with E-state index in [-0.39, 0.29) is 0 Å². The molecule has 0 aromatic heterocycles. The maximum absolute atomic E-state index is 13.0. The van der Waals surface area contributed by atoms with Gasteiger partial charge in [0.25, 0.3) is 0 Å². The van der Waals surface area contributed by atoms with E-state index in [9.17, 15) is 23.7 Å². The van der Waals surface area contributed by atoms with Gasteiger partial charge < -0.3 is 10.2 Å². The summed E-state index contributed by atoms with van der Waals surface area (Å²) in [5, 5.41) is 27.9. The zero-order valence-corrected chi connectivity index (χ0v) is 7.55. The summed E-state index contributed by atoms with van der Waals surface area (Å²) in [6, 6.07) is 1.15. The second-order valence-corrected chi connectivity index (χ2v) is 2.80. The van der Waals surface area contributed by atoms with Crippen molar-refractivity contribution in [1.82, 2.24) is 0 Å². The maximum Gasteiger partial charge on any atom is 0.337 e. The van der Waals surface area contributed by atoms with E-state index in [4.69, 9.17) is 10.2 Å². The number of hydrogen-bond donors (Lipinski definition) is 2. The van der Waals surface area contributed by atoms with Gasteiger partial charge >= 0.3 is 11.7 Å². The van der Waals surface area contributed by atoms with Crippen LogP contribution in [-0.2, 0) is 4.79 Å². The fourth-order valence-electron chi connectivity index (χ4n) is 1.09. The molecule has 0 aliphatic heterocycles. The predicted molar refractivity (Wildman–Crippen MR) is 45.6 cm³/mol. The molecule has 0 saturated carbocycles. The molecule has 0 bridgehead atoms. The van der Waals surface area contributed by atoms with Crippen LogP contribution in [-0.4, -0.2) is 21.1 Å². The Kier molecular flexibility index (Phi) is 3.14. The third-order valence-corrected chi connectivity index (χ3v) is 1.81. The van der Waals surface area contributed by atoms with Crippen molar-refractivity contribution in [3.63, 3.8) is 0 Å². The lowest BCUT2D eigenvalue weighted by atomic mass is 10.1. The van der Waals surface area contributed by atoms with Gasteiger partial charge in [0.2, 0.25) is 5.82 Å². The first-order valence-corrected chi connectivity index (χ1v) is 3.89. The van der Waals surface area contributed by atoms with Crippen LogP contribution >= 0.6 is 0 Å². The Hall–Kier alpha value is -2.09. The average molecular weight is 233 g/mol. The van der Waals surface area contributed by atoms with Gasteiger partial charge in [-0.15, -0.1) is 0 Å². The highest BCUT2D eigenvalue weighted by molar-refractivity contribution is 5.75. The van der Waals surface area contributed by atoms with Crippen molar-refractivity contribution in [3.05, 3.63) is 39.4 Å². The molecule has 86 valence electrons. The molecule has 1 aromatic carbocycles. The van der Waals surface area contributed by atoms with Crippen LogP contribution in [0.1, 0.15) is 11.7 Å². The number of halogens is 2. The summed E-state index contributed by atoms with van der Waals surface area (Å²) in [6.07, 6.45) is -2.28. The fraction of sp³-hybridized carbons (Fsp3) is 0.125. The number of hydrogen-bond acceptors (Lipinski definition) is 4. The molecule has 0 fully saturated rings. The van der Waals surface area contributed by atoms with Gasteiger partial charge in [0.1, 0.15) is 0 Å². The highest BCUT2D eigenvalue weighted by Gasteiger charge is 2.31. The number of nitro benzene ring substituents is 1. The van der Waals surface area contributed by atoms with E-state index in [0.717, 1.165) is 0 Å². The first-order chi connectivity index (χ1) is 7.36. The van der Waals surface area contributed by atoms with E-state index in [1.807, 2.05) is 0 Å². The van der Waals surface area contributed by atoms with Crippen LogP contribution < -0.4 is 0 Å². The van der Waals surface area contributed by atoms with Gasteiger partial charge in [-0.2, -0.15) is 4.39 Å². The molecule has 0 heterocycles. The average Bonchev–Trinajstić information content (AvgIpc) is 2.20. The Morgan fingerprint density at radius 1 is 1.44 bits per heavy atom. The molecular formula is C8H5F2NO5. The van der Waals surface area contributed by atoms with Crippen molar-refractivity contribution < 1.29 is 28.7 Å². The minimum Gasteiger partial charge on any atom is -0.479 e. The van der Waals surface area contributed by atoms with Crippen molar-refractivity contribution in [2.45, 2.75) is 6.10 Å². The third-order valence-electron chi connectivity index (χ3n) is 1.81. The molecule has 1 atom stereocenters. The molecule has 1 unspecified atom stereocenters. The number of aliphatic hydroxyl groups is 1. The third kappa shape index (κ3) is 1.96. The van der Waals surface area contributed by atoms with Gasteiger partial charge in [-0.25, -0.2) is 9.18 Å². The summed E-state index contributed by atoms with van der Waals surface area (Å²) in [7, 11) is 0. The van der Waals surface area contributed by atoms with Crippen molar-refractivity contribution in [1.29, 1.82) is 0 Å². The lowest BCUT2D eigenvalue weighted by Crippen LogP contribution is -2.13. The Labute approximate surface area is 86.9 Å². The number of aliphatic carboxylic acids is 1. The quantitative estimate of drug-likeness (QED) is 0.598. The zero-order chi connectivity index (χ0) is 12.5. The van der Waals surface area contributed by atoms with Gasteiger partial charge in [0, 0.05) is 0 Å². The Morgan fingerprint density at radius 2 is 2.00 bits per heavy atom. The second-order valence-electron chi connectivity index (χ2n) is 2.80. The predicted octanol–water partition coefficient (Wildman–Crippen LogP) is 0.991. The number of benzene rings is 1. The highest BCUT2D eigenvalue weighted by atomic mass is 19.2. The van der Waals surface area contributed by atoms with E-state index >= 15 is 0 Å². The van der Waals surface area contributed by atoms with E-state index in [2.05, 4.69) is 0 Å². The lowest BCUT2D eigenvalue weighted by molar-refractivity contribution is -0.389. The summed E-state index contributed by atoms with van der Waals surface area (Å²) in [5.74, 6) is -5.09. The first-order valence-electron chi connectivity index (χ1n) is 3.89. The van der Waals surface area contributed by atoms with Crippen LogP contribution in [0.2, 0.25) is 0 Å². The largest absolute Gasteiger partial charge is 0.479 e. The minimum absolute atomic E-state index is 0.504. The van der Waals surface area contributed by atoms with E-state index in [1.165, 1.54) is 0 Å². The lowest BCUT2D eigenvalue weighted by Gasteiger charge is -2.07. The molecular weight excluding hydrogens is 228 g/mol. The SMILES string of the molecule is O=C(O)C(O)c1ccc(F)c(F)c1[N+](=O)[O-]. The first kappa shape index (κ1) is 12.0. The van der Waals surface area contributed by atoms with Gasteiger partial charge in [-0.3, -0.25) is 10.1 Å². The molecule has 1 aromatic rings. The summed E-state index contributed by atoms with van der Waals surface area (Å²) in [4.78, 5) is 19.5. The normalized spacial score (nSPS) is 12.2. The van der Waals surface area contributed by atoms with Crippen molar-refractivity contribution >= 4 is 11.7 Å². The number of nitro groups is 1. The number of carboxylic acids is 1. The molecule has 16 heavy (non-hydrogen) atoms. The monoisotopic (exact) mass is 233 g/mol. The van der Waals surface area contributed by atoms with Crippen LogP contribution in [0, 0.1) is 21.7 Å². The molecule has 6 nitrogen and oxygen atoms in total. The molecule has 2 N–H and O–H groups in total. The summed E-state index contributed by atoms with van der Waals surface area (Å²) < 4.78 is 25.7. The maximum atomic E-state index is 13.0. The Bertz CT molecular complexity index is 462. The summed E-state index contributed by atoms with van der Waals surface area (Å²) in [6.45, 7) is 0. The molecule has 0 aliphatic rings. The van der Waals surface area contributed by atoms with E-state index in [1.54, 1.807) is 0 Å². The highest BCUT2D eigenvalue weighted by Crippen LogP contribution is 2.29. The number of carboxylic acid groups (broad SMARTS) is 1. The Balaban J connectivity index is 3.46. The standard InChI is InChI=1S/C8H5F2NO5/c9-4-2-1-3(7(12)8(13)14)6(5(4)10)11(15)16/h1-2,7,12H,(H,13,14). The smallest absolute Gasteiger partial charge is 0.337 e. The van der Waals surface area contributed by atoms with E-state index in [0.29, 0.717) is 12.1 Å². The number of aliphatic hydroxyl groups excluding tert-OH is 1. The van der Waals surface area contributed by atoms with Crippen molar-refractivity contribution in [3.8, 4) is 0 Å². The molecule has 0 radical (unpaired) electrons. The van der Waals surface area contributed by atoms with Gasteiger partial charge in [-0.1, -0.05) is 0 Å². The van der Waals surface area contributed by atoms with Crippen LogP contribution in [0.25, 0.3) is 0 Å². The summed E-state index contributed by atoms with van der Waals surface area (Å²) >= 11 is 0. The molecule has 0 aliphatic carbocycles. The van der Waals surface area contributed by atoms with Gasteiger partial charge in [0.05, 0.1) is 10.5 Å². The second kappa shape index (κ2) is 4.19. The fourth-order valence-corrected chi connectivity index (χ4v) is 1.09. The molecule has 0 saturated heterocycles. The molecule has 1 rings (SSSR count). The van der Waals surface area contributed by atoms with Crippen LogP contribution in [0.4, 0.5) is 14.5 Å². The van der Waals surface area contributed by atoms with Gasteiger partial charge in [0.15, 0.2) is 11.9 Å². The van der Waals surface area contributed by atoms with Crippen LogP contribution in [0.15, 0.2) is 12.1 Å². The zero-order valence-electron chi connectivity index (χ0n) is 7.55. The van der Waals surface area contributed by atoms with Gasteiger partial charge in [-0.05, 0) is 12.1 Å². The van der Waals surface area contributed by atoms with Crippen molar-refractivity contribution in [2.24, 2.45) is 0 Å². The van der Waals surface area contributed by atoms with Crippen LogP contribution in [0.5, 0.6) is 0 Å². The molecule has 0 spiro atoms. The Morgan fingerprint density at radius 3 is 2.44 bits per heavy atom. The minimum atomic E-state index is -2.28. The molecule has 0 amide bonds. The van der Waals surface area contributed by atoms with Crippen LogP contribution in [0.3, 0.4) is 0 Å². The van der Waals surface area contributed by atoms with E-state index < -0.39 is 39.9 Å². The number of rotatable bonds is 3.